The Morgan fingerprint density at radius 3 is 2.83 bits per heavy atom. The molecule has 4 aromatic rings. The lowest BCUT2D eigenvalue weighted by molar-refractivity contribution is 0.102. The quantitative estimate of drug-likeness (QED) is 0.559. The molecule has 0 bridgehead atoms. The van der Waals surface area contributed by atoms with Crippen molar-refractivity contribution in [2.24, 2.45) is 0 Å². The normalized spacial score (nSPS) is 10.9. The largest absolute Gasteiger partial charge is 0.334 e. The number of benzene rings is 1. The van der Waals surface area contributed by atoms with Crippen LogP contribution in [0, 0.1) is 13.8 Å². The zero-order valence-corrected chi connectivity index (χ0v) is 16.4. The average Bonchev–Trinajstić information content (AvgIpc) is 3.40. The highest BCUT2D eigenvalue weighted by atomic mass is 16.5. The molecule has 146 valence electrons. The second-order valence-electron chi connectivity index (χ2n) is 6.68. The van der Waals surface area contributed by atoms with E-state index in [0.29, 0.717) is 29.5 Å². The summed E-state index contributed by atoms with van der Waals surface area (Å²) >= 11 is 0. The molecule has 0 radical (unpaired) electrons. The molecule has 4 rings (SSSR count). The molecule has 8 heteroatoms. The summed E-state index contributed by atoms with van der Waals surface area (Å²) in [5.41, 5.74) is 3.83. The Kier molecular flexibility index (Phi) is 4.90. The lowest BCUT2D eigenvalue weighted by Gasteiger charge is -2.08. The maximum atomic E-state index is 12.6. The zero-order chi connectivity index (χ0) is 20.4. The van der Waals surface area contributed by atoms with Crippen molar-refractivity contribution in [1.29, 1.82) is 0 Å². The van der Waals surface area contributed by atoms with Crippen LogP contribution in [0.5, 0.6) is 0 Å². The molecule has 3 aromatic heterocycles. The van der Waals surface area contributed by atoms with Gasteiger partial charge >= 0.3 is 0 Å². The molecule has 3 heterocycles. The molecule has 0 saturated heterocycles. The van der Waals surface area contributed by atoms with Crippen LogP contribution in [-0.4, -0.2) is 30.6 Å². The Hall–Kier alpha value is -3.81. The van der Waals surface area contributed by atoms with E-state index in [9.17, 15) is 4.79 Å². The van der Waals surface area contributed by atoms with Crippen molar-refractivity contribution >= 4 is 11.6 Å². The Morgan fingerprint density at radius 2 is 2.07 bits per heavy atom. The van der Waals surface area contributed by atoms with Gasteiger partial charge < -0.3 is 9.84 Å². The predicted octanol–water partition coefficient (Wildman–Crippen LogP) is 3.75. The minimum atomic E-state index is -0.292. The lowest BCUT2D eigenvalue weighted by Crippen LogP contribution is -2.13. The monoisotopic (exact) mass is 388 g/mol. The van der Waals surface area contributed by atoms with Crippen molar-refractivity contribution < 1.29 is 9.32 Å². The van der Waals surface area contributed by atoms with E-state index in [1.54, 1.807) is 29.4 Å². The number of hydrogen-bond acceptors (Lipinski definition) is 6. The van der Waals surface area contributed by atoms with Gasteiger partial charge in [0, 0.05) is 24.5 Å². The maximum absolute atomic E-state index is 12.6. The standard InChI is InChI=1S/C21H20N6O2/c1-4-18-25-21(29-26-18)15-6-5-9-22-19(15)27-11-17(23-12-27)20(28)24-16-8-7-13(2)10-14(16)3/h5-12H,4H2,1-3H3,(H,24,28). The van der Waals surface area contributed by atoms with Crippen LogP contribution in [0.15, 0.2) is 53.6 Å². The van der Waals surface area contributed by atoms with Crippen LogP contribution >= 0.6 is 0 Å². The van der Waals surface area contributed by atoms with Gasteiger partial charge in [0.1, 0.15) is 12.0 Å². The van der Waals surface area contributed by atoms with Crippen LogP contribution in [0.1, 0.15) is 34.4 Å². The summed E-state index contributed by atoms with van der Waals surface area (Å²) in [4.78, 5) is 25.7. The molecule has 0 saturated carbocycles. The minimum absolute atomic E-state index is 0.279. The first kappa shape index (κ1) is 18.5. The van der Waals surface area contributed by atoms with E-state index in [4.69, 9.17) is 4.52 Å². The number of nitrogens with zero attached hydrogens (tertiary/aromatic N) is 5. The molecule has 29 heavy (non-hydrogen) atoms. The van der Waals surface area contributed by atoms with Gasteiger partial charge in [-0.2, -0.15) is 4.98 Å². The molecule has 1 aromatic carbocycles. The molecular formula is C21H20N6O2. The summed E-state index contributed by atoms with van der Waals surface area (Å²) in [5.74, 6) is 1.25. The topological polar surface area (TPSA) is 98.7 Å². The Morgan fingerprint density at radius 1 is 1.21 bits per heavy atom. The number of carbonyl (C=O) groups excluding carboxylic acids is 1. The van der Waals surface area contributed by atoms with E-state index in [-0.39, 0.29) is 11.6 Å². The van der Waals surface area contributed by atoms with Gasteiger partial charge in [0.25, 0.3) is 11.8 Å². The van der Waals surface area contributed by atoms with E-state index in [0.717, 1.165) is 16.8 Å². The van der Waals surface area contributed by atoms with E-state index >= 15 is 0 Å². The van der Waals surface area contributed by atoms with Crippen molar-refractivity contribution in [2.45, 2.75) is 27.2 Å². The predicted molar refractivity (Wildman–Crippen MR) is 108 cm³/mol. The van der Waals surface area contributed by atoms with E-state index < -0.39 is 0 Å². The van der Waals surface area contributed by atoms with Gasteiger partial charge in [-0.3, -0.25) is 9.36 Å². The second kappa shape index (κ2) is 7.67. The third-order valence-electron chi connectivity index (χ3n) is 4.49. The smallest absolute Gasteiger partial charge is 0.275 e. The molecule has 0 unspecified atom stereocenters. The first-order chi connectivity index (χ1) is 14.0. The van der Waals surface area contributed by atoms with Crippen molar-refractivity contribution in [3.8, 4) is 17.3 Å². The SMILES string of the molecule is CCc1noc(-c2cccnc2-n2cnc(C(=O)Nc3ccc(C)cc3C)c2)n1. The van der Waals surface area contributed by atoms with Gasteiger partial charge in [0.05, 0.1) is 5.56 Å². The van der Waals surface area contributed by atoms with Crippen LogP contribution in [0.2, 0.25) is 0 Å². The fourth-order valence-corrected chi connectivity index (χ4v) is 2.97. The van der Waals surface area contributed by atoms with Crippen LogP contribution in [0.3, 0.4) is 0 Å². The number of carbonyl (C=O) groups is 1. The molecular weight excluding hydrogens is 368 g/mol. The summed E-state index contributed by atoms with van der Waals surface area (Å²) < 4.78 is 7.01. The van der Waals surface area contributed by atoms with E-state index in [2.05, 4.69) is 25.4 Å². The molecule has 1 N–H and O–H groups in total. The number of hydrogen-bond donors (Lipinski definition) is 1. The lowest BCUT2D eigenvalue weighted by atomic mass is 10.1. The van der Waals surface area contributed by atoms with Gasteiger partial charge in [-0.15, -0.1) is 0 Å². The number of nitrogens with one attached hydrogen (secondary N) is 1. The second-order valence-corrected chi connectivity index (χ2v) is 6.68. The van der Waals surface area contributed by atoms with Crippen LogP contribution in [-0.2, 0) is 6.42 Å². The van der Waals surface area contributed by atoms with Gasteiger partial charge in [-0.1, -0.05) is 29.8 Å². The number of rotatable bonds is 5. The third-order valence-corrected chi connectivity index (χ3v) is 4.49. The molecule has 0 fully saturated rings. The summed E-state index contributed by atoms with van der Waals surface area (Å²) in [5, 5.41) is 6.84. The zero-order valence-electron chi connectivity index (χ0n) is 16.4. The maximum Gasteiger partial charge on any atom is 0.275 e. The fraction of sp³-hybridized carbons (Fsp3) is 0.190. The van der Waals surface area contributed by atoms with E-state index in [1.165, 1.54) is 0 Å². The molecule has 8 nitrogen and oxygen atoms in total. The summed E-state index contributed by atoms with van der Waals surface area (Å²) in [6.07, 6.45) is 5.50. The van der Waals surface area contributed by atoms with Gasteiger partial charge in [0.2, 0.25) is 0 Å². The Labute approximate surface area is 167 Å². The minimum Gasteiger partial charge on any atom is -0.334 e. The summed E-state index contributed by atoms with van der Waals surface area (Å²) in [7, 11) is 0. The van der Waals surface area contributed by atoms with Gasteiger partial charge in [-0.25, -0.2) is 9.97 Å². The van der Waals surface area contributed by atoms with Crippen molar-refractivity contribution in [2.75, 3.05) is 5.32 Å². The number of anilines is 1. The number of aromatic nitrogens is 5. The highest BCUT2D eigenvalue weighted by molar-refractivity contribution is 6.03. The fourth-order valence-electron chi connectivity index (χ4n) is 2.97. The molecule has 0 aliphatic heterocycles. The highest BCUT2D eigenvalue weighted by Crippen LogP contribution is 2.24. The number of imidazole rings is 1. The van der Waals surface area contributed by atoms with Crippen LogP contribution in [0.25, 0.3) is 17.3 Å². The first-order valence-electron chi connectivity index (χ1n) is 9.26. The third kappa shape index (κ3) is 3.77. The molecule has 0 aliphatic carbocycles. The Balaban J connectivity index is 1.62. The summed E-state index contributed by atoms with van der Waals surface area (Å²) in [6.45, 7) is 5.92. The number of amides is 1. The van der Waals surface area contributed by atoms with Gasteiger partial charge in [-0.05, 0) is 37.6 Å². The Bertz CT molecular complexity index is 1180. The first-order valence-corrected chi connectivity index (χ1v) is 9.26. The van der Waals surface area contributed by atoms with Crippen molar-refractivity contribution in [1.82, 2.24) is 24.7 Å². The van der Waals surface area contributed by atoms with Gasteiger partial charge in [0.15, 0.2) is 11.6 Å². The van der Waals surface area contributed by atoms with Crippen molar-refractivity contribution in [3.05, 3.63) is 71.7 Å². The van der Waals surface area contributed by atoms with Crippen molar-refractivity contribution in [3.63, 3.8) is 0 Å². The molecule has 0 aliphatic rings. The molecule has 0 spiro atoms. The summed E-state index contributed by atoms with van der Waals surface area (Å²) in [6, 6.07) is 9.49. The number of pyridine rings is 1. The van der Waals surface area contributed by atoms with Crippen LogP contribution in [0.4, 0.5) is 5.69 Å². The molecule has 1 amide bonds. The highest BCUT2D eigenvalue weighted by Gasteiger charge is 2.17. The van der Waals surface area contributed by atoms with E-state index in [1.807, 2.05) is 45.0 Å². The molecule has 0 atom stereocenters. The number of aryl methyl sites for hydroxylation is 3. The average molecular weight is 388 g/mol. The van der Waals surface area contributed by atoms with Crippen LogP contribution < -0.4 is 5.32 Å².